The molecule has 2 aliphatic heterocycles. The van der Waals surface area contributed by atoms with E-state index in [9.17, 15) is 9.90 Å². The van der Waals surface area contributed by atoms with Crippen LogP contribution in [0.25, 0.3) is 10.9 Å². The Morgan fingerprint density at radius 2 is 2.12 bits per heavy atom. The van der Waals surface area contributed by atoms with E-state index in [0.29, 0.717) is 18.7 Å². The molecule has 2 saturated heterocycles. The number of pyridine rings is 1. The lowest BCUT2D eigenvalue weighted by molar-refractivity contribution is -0.0601. The van der Waals surface area contributed by atoms with Gasteiger partial charge in [-0.15, -0.1) is 0 Å². The van der Waals surface area contributed by atoms with E-state index < -0.39 is 0 Å². The van der Waals surface area contributed by atoms with Gasteiger partial charge in [0.15, 0.2) is 0 Å². The van der Waals surface area contributed by atoms with Crippen LogP contribution in [-0.2, 0) is 0 Å². The third kappa shape index (κ3) is 2.71. The van der Waals surface area contributed by atoms with Gasteiger partial charge in [-0.05, 0) is 45.0 Å². The molecule has 1 aromatic carbocycles. The molecule has 4 rings (SSSR count). The summed E-state index contributed by atoms with van der Waals surface area (Å²) in [6.45, 7) is 2.62. The minimum atomic E-state index is -0.0548. The van der Waals surface area contributed by atoms with Crippen LogP contribution in [0, 0.1) is 5.41 Å². The monoisotopic (exact) mass is 339 g/mol. The number of likely N-dealkylation sites (tertiary alicyclic amines) is 2. The van der Waals surface area contributed by atoms with Gasteiger partial charge in [0.2, 0.25) is 0 Å². The van der Waals surface area contributed by atoms with E-state index in [-0.39, 0.29) is 24.0 Å². The lowest BCUT2D eigenvalue weighted by Crippen LogP contribution is -2.62. The Kier molecular flexibility index (Phi) is 4.21. The Morgan fingerprint density at radius 3 is 2.96 bits per heavy atom. The van der Waals surface area contributed by atoms with Crippen LogP contribution in [0.5, 0.6) is 0 Å². The summed E-state index contributed by atoms with van der Waals surface area (Å²) in [5, 5.41) is 11.0. The van der Waals surface area contributed by atoms with Crippen LogP contribution in [0.15, 0.2) is 36.5 Å². The second-order valence-corrected chi connectivity index (χ2v) is 7.50. The van der Waals surface area contributed by atoms with E-state index in [1.807, 2.05) is 35.2 Å². The molecule has 0 saturated carbocycles. The van der Waals surface area contributed by atoms with Gasteiger partial charge in [-0.25, -0.2) is 0 Å². The molecular formula is C20H25N3O2. The molecule has 0 spiro atoms. The van der Waals surface area contributed by atoms with Gasteiger partial charge in [0, 0.05) is 36.1 Å². The summed E-state index contributed by atoms with van der Waals surface area (Å²) in [7, 11) is 2.11. The fraction of sp³-hybridized carbons (Fsp3) is 0.500. The van der Waals surface area contributed by atoms with E-state index in [4.69, 9.17) is 0 Å². The summed E-state index contributed by atoms with van der Waals surface area (Å²) in [4.78, 5) is 21.9. The topological polar surface area (TPSA) is 56.7 Å². The van der Waals surface area contributed by atoms with Crippen molar-refractivity contribution >= 4 is 16.8 Å². The third-order valence-electron chi connectivity index (χ3n) is 6.16. The number of rotatable bonds is 2. The number of carbonyl (C=O) groups is 1. The standard InChI is InChI=1S/C20H25N3O2/c1-22-11-4-8-20(14-24)9-12-23(13-17(20)22)19(25)16-7-2-5-15-6-3-10-21-18(15)16/h2-3,5-7,10,17,24H,4,8-9,11-14H2,1H3/t17-,20-/m1/s1. The van der Waals surface area contributed by atoms with E-state index in [1.165, 1.54) is 0 Å². The van der Waals surface area contributed by atoms with Gasteiger partial charge in [0.25, 0.3) is 5.91 Å². The van der Waals surface area contributed by atoms with Crippen molar-refractivity contribution in [2.45, 2.75) is 25.3 Å². The maximum Gasteiger partial charge on any atom is 0.256 e. The predicted molar refractivity (Wildman–Crippen MR) is 97.4 cm³/mol. The highest BCUT2D eigenvalue weighted by Crippen LogP contribution is 2.41. The molecule has 132 valence electrons. The number of amides is 1. The van der Waals surface area contributed by atoms with Gasteiger partial charge in [-0.3, -0.25) is 9.78 Å². The molecule has 0 bridgehead atoms. The lowest BCUT2D eigenvalue weighted by atomic mass is 9.69. The van der Waals surface area contributed by atoms with Crippen molar-refractivity contribution in [3.05, 3.63) is 42.1 Å². The molecule has 2 aliphatic rings. The number of carbonyl (C=O) groups excluding carboxylic acids is 1. The molecule has 2 aromatic rings. The number of aliphatic hydroxyl groups excluding tert-OH is 1. The summed E-state index contributed by atoms with van der Waals surface area (Å²) in [6.07, 6.45) is 4.77. The molecule has 3 heterocycles. The number of fused-ring (bicyclic) bond motifs is 2. The van der Waals surface area contributed by atoms with Crippen LogP contribution in [0.3, 0.4) is 0 Å². The molecule has 5 nitrogen and oxygen atoms in total. The zero-order valence-electron chi connectivity index (χ0n) is 14.7. The molecule has 1 aromatic heterocycles. The Bertz CT molecular complexity index is 788. The molecule has 0 radical (unpaired) electrons. The Balaban J connectivity index is 1.63. The fourth-order valence-electron chi connectivity index (χ4n) is 4.65. The second-order valence-electron chi connectivity index (χ2n) is 7.50. The number of para-hydroxylation sites is 1. The lowest BCUT2D eigenvalue weighted by Gasteiger charge is -2.53. The van der Waals surface area contributed by atoms with Crippen molar-refractivity contribution in [3.63, 3.8) is 0 Å². The number of nitrogens with zero attached hydrogens (tertiary/aromatic N) is 3. The van der Waals surface area contributed by atoms with Crippen molar-refractivity contribution < 1.29 is 9.90 Å². The smallest absolute Gasteiger partial charge is 0.256 e. The molecule has 2 atom stereocenters. The first-order valence-electron chi connectivity index (χ1n) is 9.09. The van der Waals surface area contributed by atoms with Gasteiger partial charge < -0.3 is 14.9 Å². The summed E-state index contributed by atoms with van der Waals surface area (Å²) in [5.41, 5.74) is 1.39. The van der Waals surface area contributed by atoms with E-state index >= 15 is 0 Å². The summed E-state index contributed by atoms with van der Waals surface area (Å²) < 4.78 is 0. The maximum atomic E-state index is 13.2. The normalized spacial score (nSPS) is 27.3. The van der Waals surface area contributed by atoms with E-state index in [1.54, 1.807) is 6.20 Å². The fourth-order valence-corrected chi connectivity index (χ4v) is 4.65. The maximum absolute atomic E-state index is 13.2. The summed E-state index contributed by atoms with van der Waals surface area (Å²) >= 11 is 0. The van der Waals surface area contributed by atoms with Crippen molar-refractivity contribution in [2.75, 3.05) is 33.3 Å². The van der Waals surface area contributed by atoms with Gasteiger partial charge in [0.1, 0.15) is 0 Å². The molecule has 1 N–H and O–H groups in total. The van der Waals surface area contributed by atoms with Gasteiger partial charge in [-0.1, -0.05) is 18.2 Å². The predicted octanol–water partition coefficient (Wildman–Crippen LogP) is 2.15. The van der Waals surface area contributed by atoms with Crippen LogP contribution in [0.2, 0.25) is 0 Å². The Hall–Kier alpha value is -1.98. The van der Waals surface area contributed by atoms with Crippen LogP contribution in [0.1, 0.15) is 29.6 Å². The average molecular weight is 339 g/mol. The highest BCUT2D eigenvalue weighted by atomic mass is 16.3. The number of benzene rings is 1. The molecule has 25 heavy (non-hydrogen) atoms. The Morgan fingerprint density at radius 1 is 1.28 bits per heavy atom. The van der Waals surface area contributed by atoms with Crippen LogP contribution in [0.4, 0.5) is 0 Å². The minimum absolute atomic E-state index is 0.0508. The first kappa shape index (κ1) is 16.5. The SMILES string of the molecule is CN1CCC[C@]2(CO)CCN(C(=O)c3cccc4cccnc34)C[C@@H]12. The van der Waals surface area contributed by atoms with E-state index in [2.05, 4.69) is 16.9 Å². The van der Waals surface area contributed by atoms with Gasteiger partial charge in [-0.2, -0.15) is 0 Å². The third-order valence-corrected chi connectivity index (χ3v) is 6.16. The quantitative estimate of drug-likeness (QED) is 0.911. The number of piperidine rings is 2. The first-order valence-corrected chi connectivity index (χ1v) is 9.09. The number of aliphatic hydroxyl groups is 1. The van der Waals surface area contributed by atoms with Crippen molar-refractivity contribution in [1.82, 2.24) is 14.8 Å². The molecule has 2 fully saturated rings. The largest absolute Gasteiger partial charge is 0.396 e. The van der Waals surface area contributed by atoms with Crippen LogP contribution in [-0.4, -0.2) is 65.1 Å². The van der Waals surface area contributed by atoms with Gasteiger partial charge in [0.05, 0.1) is 17.7 Å². The number of likely N-dealkylation sites (N-methyl/N-ethyl adjacent to an activating group) is 1. The van der Waals surface area contributed by atoms with Crippen LogP contribution >= 0.6 is 0 Å². The molecule has 0 aliphatic carbocycles. The van der Waals surface area contributed by atoms with Crippen molar-refractivity contribution in [3.8, 4) is 0 Å². The van der Waals surface area contributed by atoms with Crippen LogP contribution < -0.4 is 0 Å². The highest BCUT2D eigenvalue weighted by Gasteiger charge is 2.47. The van der Waals surface area contributed by atoms with E-state index in [0.717, 1.165) is 36.7 Å². The zero-order chi connectivity index (χ0) is 17.4. The Labute approximate surface area is 148 Å². The molecule has 0 unspecified atom stereocenters. The second kappa shape index (κ2) is 6.39. The van der Waals surface area contributed by atoms with Crippen molar-refractivity contribution in [2.24, 2.45) is 5.41 Å². The summed E-state index contributed by atoms with van der Waals surface area (Å²) in [6, 6.07) is 9.89. The molecular weight excluding hydrogens is 314 g/mol. The zero-order valence-corrected chi connectivity index (χ0v) is 14.7. The average Bonchev–Trinajstić information content (AvgIpc) is 2.67. The van der Waals surface area contributed by atoms with Crippen molar-refractivity contribution in [1.29, 1.82) is 0 Å². The number of aromatic nitrogens is 1. The first-order chi connectivity index (χ1) is 12.1. The highest BCUT2D eigenvalue weighted by molar-refractivity contribution is 6.05. The molecule has 1 amide bonds. The molecule has 5 heteroatoms. The van der Waals surface area contributed by atoms with Gasteiger partial charge >= 0.3 is 0 Å². The number of hydrogen-bond acceptors (Lipinski definition) is 4. The minimum Gasteiger partial charge on any atom is -0.396 e. The number of hydrogen-bond donors (Lipinski definition) is 1. The summed E-state index contributed by atoms with van der Waals surface area (Å²) in [5.74, 6) is 0.0508.